The summed E-state index contributed by atoms with van der Waals surface area (Å²) in [5.41, 5.74) is 1.36. The number of phenols is 1. The van der Waals surface area contributed by atoms with Gasteiger partial charge in [-0.2, -0.15) is 0 Å². The second-order valence-electron chi connectivity index (χ2n) is 6.50. The Bertz CT molecular complexity index is 431. The zero-order valence-electron chi connectivity index (χ0n) is 11.9. The van der Waals surface area contributed by atoms with Crippen molar-refractivity contribution in [2.75, 3.05) is 6.61 Å². The van der Waals surface area contributed by atoms with Crippen molar-refractivity contribution in [2.24, 2.45) is 0 Å². The molecule has 0 spiro atoms. The van der Waals surface area contributed by atoms with E-state index in [9.17, 15) is 5.11 Å². The van der Waals surface area contributed by atoms with Crippen LogP contribution in [0.4, 0.5) is 0 Å². The van der Waals surface area contributed by atoms with Crippen LogP contribution in [-0.2, 0) is 10.8 Å². The minimum absolute atomic E-state index is 0.105. The average Bonchev–Trinajstić information content (AvgIpc) is 2.19. The molecule has 2 nitrogen and oxygen atoms in total. The number of rotatable bonds is 3. The molecule has 2 N–H and O–H groups in total. The minimum Gasteiger partial charge on any atom is -0.507 e. The second kappa shape index (κ2) is 5.14. The normalized spacial score (nSPS) is 12.8. The van der Waals surface area contributed by atoms with Gasteiger partial charge in [-0.25, -0.2) is 0 Å². The minimum atomic E-state index is -0.266. The van der Waals surface area contributed by atoms with Crippen LogP contribution in [-0.4, -0.2) is 16.8 Å². The van der Waals surface area contributed by atoms with E-state index in [1.165, 1.54) is 0 Å². The highest BCUT2D eigenvalue weighted by atomic mass is 32.1. The molecule has 3 heteroatoms. The Balaban J connectivity index is 3.43. The number of phenolic OH excluding ortho intramolecular Hbond substituents is 1. The van der Waals surface area contributed by atoms with Crippen LogP contribution in [0.3, 0.4) is 0 Å². The van der Waals surface area contributed by atoms with E-state index in [2.05, 4.69) is 33.4 Å². The number of aliphatic hydroxyl groups is 1. The maximum absolute atomic E-state index is 10.5. The molecule has 0 atom stereocenters. The molecule has 1 aromatic rings. The summed E-state index contributed by atoms with van der Waals surface area (Å²) >= 11 is 4.43. The first kappa shape index (κ1) is 15.4. The molecule has 0 heterocycles. The van der Waals surface area contributed by atoms with Crippen molar-refractivity contribution in [3.63, 3.8) is 0 Å². The SMILES string of the molecule is CC(C)(C)c1cc(S)cc(C(C)(C)CCO)c1O. The largest absolute Gasteiger partial charge is 0.507 e. The number of aliphatic hydroxyl groups excluding tert-OH is 1. The fourth-order valence-corrected chi connectivity index (χ4v) is 2.38. The summed E-state index contributed by atoms with van der Waals surface area (Å²) in [6, 6.07) is 3.81. The Morgan fingerprint density at radius 3 is 2.00 bits per heavy atom. The van der Waals surface area contributed by atoms with Gasteiger partial charge in [0, 0.05) is 22.6 Å². The van der Waals surface area contributed by atoms with Gasteiger partial charge in [-0.05, 0) is 29.4 Å². The van der Waals surface area contributed by atoms with Gasteiger partial charge in [0.2, 0.25) is 0 Å². The summed E-state index contributed by atoms with van der Waals surface area (Å²) in [4.78, 5) is 0.846. The molecule has 18 heavy (non-hydrogen) atoms. The summed E-state index contributed by atoms with van der Waals surface area (Å²) in [7, 11) is 0. The number of aromatic hydroxyl groups is 1. The van der Waals surface area contributed by atoms with Gasteiger partial charge in [-0.3, -0.25) is 0 Å². The summed E-state index contributed by atoms with van der Waals surface area (Å²) in [6.07, 6.45) is 0.612. The Labute approximate surface area is 115 Å². The van der Waals surface area contributed by atoms with Crippen LogP contribution in [0.1, 0.15) is 52.2 Å². The molecular formula is C15H24O2S. The van der Waals surface area contributed by atoms with Crippen molar-refractivity contribution in [3.8, 4) is 5.75 Å². The first-order chi connectivity index (χ1) is 8.09. The predicted octanol–water partition coefficient (Wildman–Crippen LogP) is 3.64. The predicted molar refractivity (Wildman–Crippen MR) is 78.8 cm³/mol. The van der Waals surface area contributed by atoms with Gasteiger partial charge in [0.1, 0.15) is 5.75 Å². The lowest BCUT2D eigenvalue weighted by Gasteiger charge is -2.29. The topological polar surface area (TPSA) is 40.5 Å². The number of benzene rings is 1. The van der Waals surface area contributed by atoms with Gasteiger partial charge in [-0.1, -0.05) is 34.6 Å². The van der Waals surface area contributed by atoms with E-state index in [4.69, 9.17) is 5.11 Å². The molecule has 102 valence electrons. The molecule has 0 aliphatic heterocycles. The van der Waals surface area contributed by atoms with Gasteiger partial charge >= 0.3 is 0 Å². The molecule has 0 bridgehead atoms. The highest BCUT2D eigenvalue weighted by Gasteiger charge is 2.28. The zero-order valence-corrected chi connectivity index (χ0v) is 12.8. The molecule has 0 aromatic heterocycles. The van der Waals surface area contributed by atoms with Crippen molar-refractivity contribution in [3.05, 3.63) is 23.3 Å². The second-order valence-corrected chi connectivity index (χ2v) is 7.01. The Kier molecular flexibility index (Phi) is 4.39. The van der Waals surface area contributed by atoms with Gasteiger partial charge in [0.15, 0.2) is 0 Å². The van der Waals surface area contributed by atoms with Crippen molar-refractivity contribution in [1.82, 2.24) is 0 Å². The smallest absolute Gasteiger partial charge is 0.123 e. The fourth-order valence-electron chi connectivity index (χ4n) is 2.12. The van der Waals surface area contributed by atoms with E-state index in [0.29, 0.717) is 12.2 Å². The fraction of sp³-hybridized carbons (Fsp3) is 0.600. The third kappa shape index (κ3) is 3.21. The molecule has 0 radical (unpaired) electrons. The summed E-state index contributed by atoms with van der Waals surface area (Å²) in [5, 5.41) is 19.6. The van der Waals surface area contributed by atoms with E-state index in [0.717, 1.165) is 16.0 Å². The highest BCUT2D eigenvalue weighted by molar-refractivity contribution is 7.80. The van der Waals surface area contributed by atoms with Crippen LogP contribution >= 0.6 is 12.6 Å². The van der Waals surface area contributed by atoms with Crippen LogP contribution in [0.25, 0.3) is 0 Å². The van der Waals surface area contributed by atoms with Crippen molar-refractivity contribution in [2.45, 2.75) is 56.8 Å². The van der Waals surface area contributed by atoms with Gasteiger partial charge in [0.25, 0.3) is 0 Å². The standard InChI is InChI=1S/C15H24O2S/c1-14(2,3)11-8-10(18)9-12(13(11)17)15(4,5)6-7-16/h8-9,16-18H,6-7H2,1-5H3. The van der Waals surface area contributed by atoms with E-state index in [1.54, 1.807) is 0 Å². The van der Waals surface area contributed by atoms with E-state index >= 15 is 0 Å². The molecule has 0 saturated heterocycles. The van der Waals surface area contributed by atoms with Crippen LogP contribution in [0.15, 0.2) is 17.0 Å². The summed E-state index contributed by atoms with van der Waals surface area (Å²) in [6.45, 7) is 10.4. The van der Waals surface area contributed by atoms with E-state index in [-0.39, 0.29) is 17.4 Å². The van der Waals surface area contributed by atoms with Crippen LogP contribution < -0.4 is 0 Å². The van der Waals surface area contributed by atoms with Crippen LogP contribution in [0.2, 0.25) is 0 Å². The molecular weight excluding hydrogens is 244 g/mol. The highest BCUT2D eigenvalue weighted by Crippen LogP contribution is 2.41. The first-order valence-electron chi connectivity index (χ1n) is 6.27. The van der Waals surface area contributed by atoms with Crippen molar-refractivity contribution in [1.29, 1.82) is 0 Å². The molecule has 1 aromatic carbocycles. The van der Waals surface area contributed by atoms with Gasteiger partial charge in [0.05, 0.1) is 0 Å². The van der Waals surface area contributed by atoms with Crippen molar-refractivity contribution < 1.29 is 10.2 Å². The lowest BCUT2D eigenvalue weighted by atomic mass is 9.77. The number of hydrogen-bond donors (Lipinski definition) is 3. The maximum Gasteiger partial charge on any atom is 0.123 e. The van der Waals surface area contributed by atoms with Gasteiger partial charge in [-0.15, -0.1) is 12.6 Å². The third-order valence-electron chi connectivity index (χ3n) is 3.37. The zero-order chi connectivity index (χ0) is 14.1. The third-order valence-corrected chi connectivity index (χ3v) is 3.63. The Hall–Kier alpha value is -0.670. The number of hydrogen-bond acceptors (Lipinski definition) is 3. The van der Waals surface area contributed by atoms with Gasteiger partial charge < -0.3 is 10.2 Å². The molecule has 0 saturated carbocycles. The van der Waals surface area contributed by atoms with Crippen LogP contribution in [0.5, 0.6) is 5.75 Å². The quantitative estimate of drug-likeness (QED) is 0.733. The van der Waals surface area contributed by atoms with E-state index < -0.39 is 0 Å². The Morgan fingerprint density at radius 1 is 1.06 bits per heavy atom. The van der Waals surface area contributed by atoms with Crippen LogP contribution in [0, 0.1) is 0 Å². The summed E-state index contributed by atoms with van der Waals surface area (Å²) in [5.74, 6) is 0.332. The molecule has 0 unspecified atom stereocenters. The Morgan fingerprint density at radius 2 is 1.56 bits per heavy atom. The maximum atomic E-state index is 10.5. The lowest BCUT2D eigenvalue weighted by Crippen LogP contribution is -2.21. The lowest BCUT2D eigenvalue weighted by molar-refractivity contribution is 0.249. The number of thiol groups is 1. The van der Waals surface area contributed by atoms with E-state index in [1.807, 2.05) is 26.0 Å². The van der Waals surface area contributed by atoms with Crippen molar-refractivity contribution >= 4 is 12.6 Å². The molecule has 0 aliphatic rings. The summed E-state index contributed by atoms with van der Waals surface area (Å²) < 4.78 is 0. The molecule has 1 rings (SSSR count). The molecule has 0 fully saturated rings. The molecule has 0 aliphatic carbocycles. The monoisotopic (exact) mass is 268 g/mol. The average molecular weight is 268 g/mol. The first-order valence-corrected chi connectivity index (χ1v) is 6.72. The molecule has 0 amide bonds.